The molecule has 2 unspecified atom stereocenters. The Kier molecular flexibility index (Phi) is 5.59. The van der Waals surface area contributed by atoms with Crippen molar-refractivity contribution >= 4 is 0 Å². The van der Waals surface area contributed by atoms with Crippen molar-refractivity contribution in [2.45, 2.75) is 38.7 Å². The number of para-hydroxylation sites is 1. The topological polar surface area (TPSA) is 40.5 Å². The number of aromatic hydroxyl groups is 1. The molecule has 1 aromatic carbocycles. The van der Waals surface area contributed by atoms with Crippen molar-refractivity contribution in [3.8, 4) is 18.1 Å². The standard InChI is InChI=1S/C15H20O2/c1-3-5-6-9-12(4-2)15(17)13-10-7-8-11-14(13)16/h2,7-8,10-12,15-17H,3,5-6,9H2,1H3. The molecule has 0 aliphatic heterocycles. The lowest BCUT2D eigenvalue weighted by atomic mass is 9.91. The van der Waals surface area contributed by atoms with Crippen LogP contribution < -0.4 is 0 Å². The number of aliphatic hydroxyl groups is 1. The van der Waals surface area contributed by atoms with Crippen molar-refractivity contribution in [1.82, 2.24) is 0 Å². The average Bonchev–Trinajstić information content (AvgIpc) is 2.35. The maximum atomic E-state index is 10.2. The molecule has 0 spiro atoms. The quantitative estimate of drug-likeness (QED) is 0.584. The molecule has 0 amide bonds. The van der Waals surface area contributed by atoms with Gasteiger partial charge in [-0.1, -0.05) is 44.4 Å². The number of unbranched alkanes of at least 4 members (excludes halogenated alkanes) is 2. The van der Waals surface area contributed by atoms with Crippen LogP contribution in [0.3, 0.4) is 0 Å². The Morgan fingerprint density at radius 1 is 1.29 bits per heavy atom. The molecule has 0 saturated heterocycles. The Hall–Kier alpha value is -1.46. The third-order valence-corrected chi connectivity index (χ3v) is 2.97. The van der Waals surface area contributed by atoms with Crippen molar-refractivity contribution in [2.75, 3.05) is 0 Å². The van der Waals surface area contributed by atoms with Crippen LogP contribution in [-0.2, 0) is 0 Å². The molecule has 0 saturated carbocycles. The minimum absolute atomic E-state index is 0.107. The predicted molar refractivity (Wildman–Crippen MR) is 69.5 cm³/mol. The van der Waals surface area contributed by atoms with Crippen molar-refractivity contribution < 1.29 is 10.2 Å². The number of aliphatic hydroxyl groups excluding tert-OH is 1. The van der Waals surface area contributed by atoms with E-state index in [4.69, 9.17) is 6.42 Å². The Labute approximate surface area is 103 Å². The summed E-state index contributed by atoms with van der Waals surface area (Å²) < 4.78 is 0. The van der Waals surface area contributed by atoms with Gasteiger partial charge in [0.25, 0.3) is 0 Å². The zero-order valence-electron chi connectivity index (χ0n) is 10.3. The summed E-state index contributed by atoms with van der Waals surface area (Å²) in [5.41, 5.74) is 0.520. The summed E-state index contributed by atoms with van der Waals surface area (Å²) in [6, 6.07) is 6.80. The summed E-state index contributed by atoms with van der Waals surface area (Å²) in [6.07, 6.45) is 8.72. The number of phenolic OH excluding ortho intramolecular Hbond substituents is 1. The molecule has 0 fully saturated rings. The molecule has 92 valence electrons. The van der Waals surface area contributed by atoms with E-state index >= 15 is 0 Å². The van der Waals surface area contributed by atoms with Gasteiger partial charge in [-0.2, -0.15) is 0 Å². The van der Waals surface area contributed by atoms with Crippen LogP contribution in [0.2, 0.25) is 0 Å². The minimum Gasteiger partial charge on any atom is -0.508 e. The third kappa shape index (κ3) is 3.80. The number of hydrogen-bond acceptors (Lipinski definition) is 2. The second-order valence-electron chi connectivity index (χ2n) is 4.27. The van der Waals surface area contributed by atoms with Crippen LogP contribution in [0.25, 0.3) is 0 Å². The molecule has 0 radical (unpaired) electrons. The first kappa shape index (κ1) is 13.6. The smallest absolute Gasteiger partial charge is 0.121 e. The first-order chi connectivity index (χ1) is 8.20. The molecule has 2 atom stereocenters. The summed E-state index contributed by atoms with van der Waals surface area (Å²) in [5, 5.41) is 19.8. The third-order valence-electron chi connectivity index (χ3n) is 2.97. The van der Waals surface area contributed by atoms with Gasteiger partial charge in [0.15, 0.2) is 0 Å². The Bertz CT molecular complexity index is 379. The second-order valence-corrected chi connectivity index (χ2v) is 4.27. The first-order valence-corrected chi connectivity index (χ1v) is 6.12. The maximum Gasteiger partial charge on any atom is 0.121 e. The number of terminal acetylenes is 1. The second kappa shape index (κ2) is 6.98. The van der Waals surface area contributed by atoms with E-state index in [0.717, 1.165) is 25.7 Å². The maximum absolute atomic E-state index is 10.2. The highest BCUT2D eigenvalue weighted by Crippen LogP contribution is 2.31. The van der Waals surface area contributed by atoms with Gasteiger partial charge in [-0.15, -0.1) is 12.3 Å². The van der Waals surface area contributed by atoms with E-state index in [0.29, 0.717) is 5.56 Å². The van der Waals surface area contributed by atoms with Gasteiger partial charge in [-0.25, -0.2) is 0 Å². The molecule has 1 rings (SSSR count). The Balaban J connectivity index is 2.70. The molecule has 2 N–H and O–H groups in total. The molecule has 17 heavy (non-hydrogen) atoms. The highest BCUT2D eigenvalue weighted by atomic mass is 16.3. The first-order valence-electron chi connectivity index (χ1n) is 6.12. The Morgan fingerprint density at radius 3 is 2.59 bits per heavy atom. The fraction of sp³-hybridized carbons (Fsp3) is 0.467. The largest absolute Gasteiger partial charge is 0.508 e. The molecule has 0 aromatic heterocycles. The van der Waals surface area contributed by atoms with Gasteiger partial charge >= 0.3 is 0 Å². The van der Waals surface area contributed by atoms with E-state index in [1.807, 2.05) is 0 Å². The van der Waals surface area contributed by atoms with E-state index in [2.05, 4.69) is 12.8 Å². The monoisotopic (exact) mass is 232 g/mol. The number of rotatable bonds is 6. The van der Waals surface area contributed by atoms with Gasteiger partial charge in [0.2, 0.25) is 0 Å². The number of hydrogen-bond donors (Lipinski definition) is 2. The zero-order chi connectivity index (χ0) is 12.7. The van der Waals surface area contributed by atoms with E-state index in [1.165, 1.54) is 0 Å². The van der Waals surface area contributed by atoms with Crippen LogP contribution in [0, 0.1) is 18.3 Å². The highest BCUT2D eigenvalue weighted by molar-refractivity contribution is 5.34. The van der Waals surface area contributed by atoms with Crippen LogP contribution in [0.15, 0.2) is 24.3 Å². The summed E-state index contributed by atoms with van der Waals surface area (Å²) in [7, 11) is 0. The van der Waals surface area contributed by atoms with Crippen molar-refractivity contribution in [2.24, 2.45) is 5.92 Å². The minimum atomic E-state index is -0.780. The Morgan fingerprint density at radius 2 is 2.00 bits per heavy atom. The zero-order valence-corrected chi connectivity index (χ0v) is 10.3. The summed E-state index contributed by atoms with van der Waals surface area (Å²) in [6.45, 7) is 2.13. The number of benzene rings is 1. The van der Waals surface area contributed by atoms with Gasteiger partial charge in [-0.3, -0.25) is 0 Å². The molecule has 2 heteroatoms. The summed E-state index contributed by atoms with van der Waals surface area (Å²) >= 11 is 0. The molecule has 2 nitrogen and oxygen atoms in total. The normalized spacial score (nSPS) is 13.9. The lowest BCUT2D eigenvalue weighted by Gasteiger charge is -2.19. The van der Waals surface area contributed by atoms with Crippen LogP contribution in [0.4, 0.5) is 0 Å². The fourth-order valence-electron chi connectivity index (χ4n) is 1.90. The van der Waals surface area contributed by atoms with Crippen LogP contribution in [0.5, 0.6) is 5.75 Å². The summed E-state index contributed by atoms with van der Waals surface area (Å²) in [4.78, 5) is 0. The molecular weight excluding hydrogens is 212 g/mol. The average molecular weight is 232 g/mol. The van der Waals surface area contributed by atoms with Gasteiger partial charge in [0.05, 0.1) is 12.0 Å². The van der Waals surface area contributed by atoms with E-state index in [1.54, 1.807) is 24.3 Å². The SMILES string of the molecule is C#CC(CCCCC)C(O)c1ccccc1O. The van der Waals surface area contributed by atoms with E-state index in [-0.39, 0.29) is 11.7 Å². The molecule has 0 heterocycles. The molecule has 0 aliphatic carbocycles. The van der Waals surface area contributed by atoms with Gasteiger partial charge < -0.3 is 10.2 Å². The predicted octanol–water partition coefficient (Wildman–Crippen LogP) is 3.26. The van der Waals surface area contributed by atoms with Crippen LogP contribution >= 0.6 is 0 Å². The molecule has 0 bridgehead atoms. The van der Waals surface area contributed by atoms with Gasteiger partial charge in [0.1, 0.15) is 5.75 Å². The highest BCUT2D eigenvalue weighted by Gasteiger charge is 2.20. The van der Waals surface area contributed by atoms with Crippen molar-refractivity contribution in [3.05, 3.63) is 29.8 Å². The molecule has 1 aromatic rings. The fourth-order valence-corrected chi connectivity index (χ4v) is 1.90. The lowest BCUT2D eigenvalue weighted by Crippen LogP contribution is -2.11. The van der Waals surface area contributed by atoms with Gasteiger partial charge in [-0.05, 0) is 12.5 Å². The molecule has 0 aliphatic rings. The van der Waals surface area contributed by atoms with Crippen molar-refractivity contribution in [3.63, 3.8) is 0 Å². The van der Waals surface area contributed by atoms with Gasteiger partial charge in [0, 0.05) is 5.56 Å². The lowest BCUT2D eigenvalue weighted by molar-refractivity contribution is 0.127. The van der Waals surface area contributed by atoms with Crippen molar-refractivity contribution in [1.29, 1.82) is 0 Å². The van der Waals surface area contributed by atoms with Crippen LogP contribution in [0.1, 0.15) is 44.3 Å². The number of phenols is 1. The van der Waals surface area contributed by atoms with Crippen LogP contribution in [-0.4, -0.2) is 10.2 Å². The summed E-state index contributed by atoms with van der Waals surface area (Å²) in [5.74, 6) is 2.51. The van der Waals surface area contributed by atoms with E-state index < -0.39 is 6.10 Å². The van der Waals surface area contributed by atoms with E-state index in [9.17, 15) is 10.2 Å². The molecular formula is C15H20O2.